The number of nitrogens with zero attached hydrogens (tertiary/aromatic N) is 1. The zero-order chi connectivity index (χ0) is 9.07. The molecule has 0 N–H and O–H groups in total. The summed E-state index contributed by atoms with van der Waals surface area (Å²) in [7, 11) is 0. The summed E-state index contributed by atoms with van der Waals surface area (Å²) < 4.78 is 57.6. The molecule has 0 aliphatic rings. The molecule has 0 heterocycles. The Morgan fingerprint density at radius 3 is 1.75 bits per heavy atom. The molecule has 76 valence electrons. The van der Waals surface area contributed by atoms with Crippen molar-refractivity contribution in [3.63, 3.8) is 0 Å². The average molecular weight is 214 g/mol. The molecule has 0 aromatic carbocycles. The molecule has 0 rings (SSSR count). The summed E-state index contributed by atoms with van der Waals surface area (Å²) >= 11 is 0. The van der Waals surface area contributed by atoms with Crippen molar-refractivity contribution in [2.45, 2.75) is 32.0 Å². The van der Waals surface area contributed by atoms with Crippen molar-refractivity contribution in [2.24, 2.45) is 0 Å². The lowest BCUT2D eigenvalue weighted by Crippen LogP contribution is -2.27. The highest BCUT2D eigenvalue weighted by Crippen LogP contribution is 2.25. The van der Waals surface area contributed by atoms with E-state index in [0.29, 0.717) is 0 Å². The molecule has 0 spiro atoms. The molecule has 0 aromatic heterocycles. The third-order valence-electron chi connectivity index (χ3n) is 1.21. The summed E-state index contributed by atoms with van der Waals surface area (Å²) in [4.78, 5) is 0. The molecular formula is C5H9ClF5N. The number of halogens is 6. The van der Waals surface area contributed by atoms with Gasteiger partial charge in [0.1, 0.15) is 0 Å². The van der Waals surface area contributed by atoms with Gasteiger partial charge in [-0.25, -0.2) is 0 Å². The van der Waals surface area contributed by atoms with Crippen LogP contribution >= 0.6 is 12.4 Å². The van der Waals surface area contributed by atoms with Gasteiger partial charge in [-0.1, -0.05) is 6.92 Å². The van der Waals surface area contributed by atoms with E-state index in [9.17, 15) is 22.1 Å². The van der Waals surface area contributed by atoms with Crippen molar-refractivity contribution < 1.29 is 22.1 Å². The fourth-order valence-electron chi connectivity index (χ4n) is 0.619. The van der Waals surface area contributed by atoms with Crippen LogP contribution in [0.15, 0.2) is 0 Å². The second-order valence-corrected chi connectivity index (χ2v) is 2.14. The molecule has 0 amide bonds. The van der Waals surface area contributed by atoms with Crippen LogP contribution < -0.4 is 0 Å². The molecular weight excluding hydrogens is 205 g/mol. The third-order valence-corrected chi connectivity index (χ3v) is 1.21. The first-order valence-electron chi connectivity index (χ1n) is 3.04. The normalized spacial score (nSPS) is 14.2. The fourth-order valence-corrected chi connectivity index (χ4v) is 0.619. The molecule has 0 saturated heterocycles. The van der Waals surface area contributed by atoms with Crippen molar-refractivity contribution in [3.05, 3.63) is 0 Å². The van der Waals surface area contributed by atoms with Gasteiger partial charge < -0.3 is 0 Å². The Hall–Kier alpha value is -0.100. The maximum atomic E-state index is 11.6. The minimum Gasteiger partial charge on any atom is -0.171 e. The van der Waals surface area contributed by atoms with Crippen LogP contribution in [0, 0.1) is 0 Å². The maximum Gasteiger partial charge on any atom is 0.390 e. The highest BCUT2D eigenvalue weighted by atomic mass is 35.5. The first-order chi connectivity index (χ1) is 4.87. The van der Waals surface area contributed by atoms with Crippen LogP contribution in [0.25, 0.3) is 0 Å². The number of alkyl halides is 3. The van der Waals surface area contributed by atoms with Gasteiger partial charge in [-0.3, -0.25) is 0 Å². The molecule has 0 aliphatic heterocycles. The minimum absolute atomic E-state index is 0. The van der Waals surface area contributed by atoms with Crippen molar-refractivity contribution in [3.8, 4) is 0 Å². The fraction of sp³-hybridized carbons (Fsp3) is 1.00. The van der Waals surface area contributed by atoms with Crippen molar-refractivity contribution in [1.29, 1.82) is 0 Å². The largest absolute Gasteiger partial charge is 0.390 e. The summed E-state index contributed by atoms with van der Waals surface area (Å²) in [6.45, 7) is 1.28. The Labute approximate surface area is 72.8 Å². The summed E-state index contributed by atoms with van der Waals surface area (Å²) in [5.74, 6) is 0. The van der Waals surface area contributed by atoms with Gasteiger partial charge in [0.05, 0.1) is 12.5 Å². The van der Waals surface area contributed by atoms with Crippen LogP contribution in [0.5, 0.6) is 0 Å². The first-order valence-corrected chi connectivity index (χ1v) is 3.04. The Bertz CT molecular complexity index is 115. The third kappa shape index (κ3) is 6.60. The van der Waals surface area contributed by atoms with Crippen LogP contribution in [0.2, 0.25) is 0 Å². The molecule has 0 saturated carbocycles. The number of rotatable bonds is 3. The molecule has 1 atom stereocenters. The van der Waals surface area contributed by atoms with E-state index in [1.165, 1.54) is 6.92 Å². The molecule has 0 fully saturated rings. The predicted octanol–water partition coefficient (Wildman–Crippen LogP) is 3.21. The highest BCUT2D eigenvalue weighted by Gasteiger charge is 2.34. The van der Waals surface area contributed by atoms with Crippen LogP contribution in [0.4, 0.5) is 22.1 Å². The molecule has 0 aliphatic carbocycles. The van der Waals surface area contributed by atoms with E-state index < -0.39 is 24.0 Å². The van der Waals surface area contributed by atoms with E-state index in [0.717, 1.165) is 0 Å². The molecule has 1 unspecified atom stereocenters. The van der Waals surface area contributed by atoms with Crippen LogP contribution in [0.3, 0.4) is 0 Å². The number of hydrogen-bond donors (Lipinski definition) is 0. The Morgan fingerprint density at radius 1 is 1.25 bits per heavy atom. The SMILES string of the molecule is CCC(CC(F)(F)F)N(F)F.Cl. The van der Waals surface area contributed by atoms with Gasteiger partial charge in [-0.05, 0) is 6.42 Å². The molecule has 1 nitrogen and oxygen atoms in total. The van der Waals surface area contributed by atoms with E-state index in [-0.39, 0.29) is 18.8 Å². The monoisotopic (exact) mass is 213 g/mol. The molecule has 7 heteroatoms. The first kappa shape index (κ1) is 14.4. The predicted molar refractivity (Wildman–Crippen MR) is 36.1 cm³/mol. The van der Waals surface area contributed by atoms with E-state index in [4.69, 9.17) is 0 Å². The van der Waals surface area contributed by atoms with Crippen molar-refractivity contribution in [2.75, 3.05) is 0 Å². The lowest BCUT2D eigenvalue weighted by molar-refractivity contribution is -0.224. The van der Waals surface area contributed by atoms with Crippen molar-refractivity contribution in [1.82, 2.24) is 5.34 Å². The second-order valence-electron chi connectivity index (χ2n) is 2.14. The lowest BCUT2D eigenvalue weighted by atomic mass is 10.2. The highest BCUT2D eigenvalue weighted by molar-refractivity contribution is 5.85. The average Bonchev–Trinajstić information content (AvgIpc) is 1.80. The van der Waals surface area contributed by atoms with Crippen LogP contribution in [-0.4, -0.2) is 17.6 Å². The van der Waals surface area contributed by atoms with Gasteiger partial charge in [0.25, 0.3) is 0 Å². The van der Waals surface area contributed by atoms with Crippen LogP contribution in [-0.2, 0) is 0 Å². The van der Waals surface area contributed by atoms with E-state index in [1.807, 2.05) is 0 Å². The second kappa shape index (κ2) is 5.53. The summed E-state index contributed by atoms with van der Waals surface area (Å²) in [5.41, 5.74) is 0. The quantitative estimate of drug-likeness (QED) is 0.514. The summed E-state index contributed by atoms with van der Waals surface area (Å²) in [6.07, 6.45) is -6.19. The maximum absolute atomic E-state index is 11.6. The Balaban J connectivity index is 0. The van der Waals surface area contributed by atoms with Gasteiger partial charge in [0.2, 0.25) is 0 Å². The molecule has 0 radical (unpaired) electrons. The topological polar surface area (TPSA) is 3.24 Å². The smallest absolute Gasteiger partial charge is 0.171 e. The Morgan fingerprint density at radius 2 is 1.67 bits per heavy atom. The van der Waals surface area contributed by atoms with Gasteiger partial charge in [-0.15, -0.1) is 21.4 Å². The van der Waals surface area contributed by atoms with Gasteiger partial charge in [-0.2, -0.15) is 13.2 Å². The van der Waals surface area contributed by atoms with E-state index in [2.05, 4.69) is 0 Å². The minimum atomic E-state index is -4.52. The van der Waals surface area contributed by atoms with Gasteiger partial charge in [0, 0.05) is 5.34 Å². The van der Waals surface area contributed by atoms with Crippen LogP contribution in [0.1, 0.15) is 19.8 Å². The van der Waals surface area contributed by atoms with Gasteiger partial charge >= 0.3 is 6.18 Å². The standard InChI is InChI=1S/C5H8F5N.ClH/c1-2-4(11(9)10)3-5(6,7)8;/h4H,2-3H2,1H3;1H. The summed E-state index contributed by atoms with van der Waals surface area (Å²) in [6, 6.07) is -1.71. The van der Waals surface area contributed by atoms with E-state index in [1.54, 1.807) is 0 Å². The van der Waals surface area contributed by atoms with Crippen molar-refractivity contribution >= 4 is 12.4 Å². The van der Waals surface area contributed by atoms with E-state index >= 15 is 0 Å². The molecule has 0 aromatic rings. The van der Waals surface area contributed by atoms with Gasteiger partial charge in [0.15, 0.2) is 0 Å². The Kier molecular flexibility index (Phi) is 6.65. The molecule has 0 bridgehead atoms. The zero-order valence-electron chi connectivity index (χ0n) is 6.24. The lowest BCUT2D eigenvalue weighted by Gasteiger charge is -2.15. The molecule has 12 heavy (non-hydrogen) atoms. The number of hydrogen-bond acceptors (Lipinski definition) is 1. The summed E-state index contributed by atoms with van der Waals surface area (Å²) in [5, 5.41) is -1.40. The zero-order valence-corrected chi connectivity index (χ0v) is 7.05.